The van der Waals surface area contributed by atoms with Gasteiger partial charge in [-0.25, -0.2) is 0 Å². The van der Waals surface area contributed by atoms with Crippen molar-refractivity contribution in [1.82, 2.24) is 4.90 Å². The Morgan fingerprint density at radius 3 is 2.50 bits per heavy atom. The maximum atomic E-state index is 5.00. The van der Waals surface area contributed by atoms with Gasteiger partial charge in [0.25, 0.3) is 0 Å². The van der Waals surface area contributed by atoms with Crippen LogP contribution in [-0.2, 0) is 3.79 Å². The van der Waals surface area contributed by atoms with Crippen molar-refractivity contribution >= 4 is 16.6 Å². The molecule has 0 unspecified atom stereocenters. The minimum atomic E-state index is 0.881. The molecule has 0 spiro atoms. The van der Waals surface area contributed by atoms with E-state index in [1.807, 2.05) is 0 Å². The van der Waals surface area contributed by atoms with E-state index in [0.717, 1.165) is 36.2 Å². The number of rotatable bonds is 4. The third-order valence-corrected chi connectivity index (χ3v) is 1.36. The minimum Gasteiger partial charge on any atom is -0.506 e. The Hall–Kier alpha value is 0.452. The highest BCUT2D eigenvalue weighted by atomic mass is 27.1. The van der Waals surface area contributed by atoms with Gasteiger partial charge >= 0.3 is 16.6 Å². The van der Waals surface area contributed by atoms with Crippen molar-refractivity contribution in [2.24, 2.45) is 0 Å². The lowest BCUT2D eigenvalue weighted by Gasteiger charge is -2.07. The van der Waals surface area contributed by atoms with Crippen molar-refractivity contribution < 1.29 is 3.79 Å². The van der Waals surface area contributed by atoms with Crippen molar-refractivity contribution in [3.8, 4) is 0 Å². The first-order valence-corrected chi connectivity index (χ1v) is 3.72. The molecule has 3 heteroatoms. The molecule has 0 fully saturated rings. The van der Waals surface area contributed by atoms with Crippen LogP contribution in [0.5, 0.6) is 0 Å². The second-order valence-electron chi connectivity index (χ2n) is 2.15. The molecule has 48 valence electrons. The van der Waals surface area contributed by atoms with Crippen LogP contribution >= 0.6 is 0 Å². The number of nitrogens with zero attached hydrogens (tertiary/aromatic N) is 1. The van der Waals surface area contributed by atoms with E-state index in [9.17, 15) is 0 Å². The highest BCUT2D eigenvalue weighted by molar-refractivity contribution is 5.97. The zero-order chi connectivity index (χ0) is 6.41. The van der Waals surface area contributed by atoms with Gasteiger partial charge in [0, 0.05) is 6.61 Å². The van der Waals surface area contributed by atoms with Gasteiger partial charge in [0.15, 0.2) is 0 Å². The highest BCUT2D eigenvalue weighted by Gasteiger charge is 1.86. The van der Waals surface area contributed by atoms with Gasteiger partial charge in [0.1, 0.15) is 0 Å². The zero-order valence-electron chi connectivity index (χ0n) is 5.98. The van der Waals surface area contributed by atoms with E-state index in [1.54, 1.807) is 0 Å². The van der Waals surface area contributed by atoms with Gasteiger partial charge in [-0.15, -0.1) is 0 Å². The first kappa shape index (κ1) is 8.45. The molecule has 8 heavy (non-hydrogen) atoms. The van der Waals surface area contributed by atoms with E-state index in [0.29, 0.717) is 0 Å². The molecule has 0 amide bonds. The van der Waals surface area contributed by atoms with Gasteiger partial charge in [-0.05, 0) is 27.1 Å². The smallest absolute Gasteiger partial charge is 0.410 e. The molecule has 0 saturated carbocycles. The molecule has 0 saturated heterocycles. The first-order chi connectivity index (χ1) is 3.77. The molecule has 0 N–H and O–H groups in total. The van der Waals surface area contributed by atoms with E-state index in [4.69, 9.17) is 3.79 Å². The van der Waals surface area contributed by atoms with E-state index >= 15 is 0 Å². The summed E-state index contributed by atoms with van der Waals surface area (Å²) >= 11 is 0.881. The Kier molecular flexibility index (Phi) is 5.90. The van der Waals surface area contributed by atoms with Crippen LogP contribution in [0, 0.1) is 0 Å². The Morgan fingerprint density at radius 2 is 2.12 bits per heavy atom. The van der Waals surface area contributed by atoms with Crippen LogP contribution in [0.25, 0.3) is 0 Å². The maximum Gasteiger partial charge on any atom is 0.410 e. The third-order valence-electron chi connectivity index (χ3n) is 0.954. The highest BCUT2D eigenvalue weighted by Crippen LogP contribution is 1.81. The molecule has 0 atom stereocenters. The van der Waals surface area contributed by atoms with E-state index < -0.39 is 0 Å². The summed E-state index contributed by atoms with van der Waals surface area (Å²) in [5, 5.41) is 0. The molecule has 0 aromatic carbocycles. The normalized spacial score (nSPS) is 10.4. The lowest BCUT2D eigenvalue weighted by atomic mass is 10.4. The predicted molar refractivity (Wildman–Crippen MR) is 37.7 cm³/mol. The maximum absolute atomic E-state index is 5.00. The Morgan fingerprint density at radius 1 is 1.50 bits per heavy atom. The fourth-order valence-electron chi connectivity index (χ4n) is 0.525. The van der Waals surface area contributed by atoms with Crippen molar-refractivity contribution in [2.45, 2.75) is 6.42 Å². The first-order valence-electron chi connectivity index (χ1n) is 2.91. The standard InChI is InChI=1S/C5H12NO.Al.2H/c1-6(2)4-3-5-7;;;/h3-5H2,1-2H3;;;/q-1;+1;;. The summed E-state index contributed by atoms with van der Waals surface area (Å²) in [6.45, 7) is 2.08. The lowest BCUT2D eigenvalue weighted by molar-refractivity contribution is 0.301. The Labute approximate surface area is 59.6 Å². The van der Waals surface area contributed by atoms with Gasteiger partial charge < -0.3 is 8.69 Å². The third kappa shape index (κ3) is 6.45. The summed E-state index contributed by atoms with van der Waals surface area (Å²) in [5.41, 5.74) is 0. The molecular formula is C5H14AlNO. The van der Waals surface area contributed by atoms with Crippen LogP contribution in [-0.4, -0.2) is 48.8 Å². The van der Waals surface area contributed by atoms with Crippen LogP contribution in [0.4, 0.5) is 0 Å². The van der Waals surface area contributed by atoms with Gasteiger partial charge in [0.2, 0.25) is 0 Å². The molecule has 0 aliphatic rings. The molecule has 0 aliphatic heterocycles. The van der Waals surface area contributed by atoms with Crippen LogP contribution in [0.2, 0.25) is 0 Å². The second kappa shape index (κ2) is 5.59. The quantitative estimate of drug-likeness (QED) is 0.377. The topological polar surface area (TPSA) is 12.5 Å². The van der Waals surface area contributed by atoms with Gasteiger partial charge in [-0.3, -0.25) is 0 Å². The summed E-state index contributed by atoms with van der Waals surface area (Å²) < 4.78 is 5.00. The molecule has 0 aromatic heterocycles. The summed E-state index contributed by atoms with van der Waals surface area (Å²) in [4.78, 5) is 2.17. The van der Waals surface area contributed by atoms with Crippen LogP contribution < -0.4 is 0 Å². The fraction of sp³-hybridized carbons (Fsp3) is 1.00. The summed E-state index contributed by atoms with van der Waals surface area (Å²) in [7, 11) is 4.15. The van der Waals surface area contributed by atoms with Crippen LogP contribution in [0.15, 0.2) is 0 Å². The van der Waals surface area contributed by atoms with Gasteiger partial charge in [0.05, 0.1) is 0 Å². The number of hydrogen-bond acceptors (Lipinski definition) is 2. The lowest BCUT2D eigenvalue weighted by Crippen LogP contribution is -2.14. The largest absolute Gasteiger partial charge is 0.506 e. The Bertz CT molecular complexity index is 49.7. The SMILES string of the molecule is CN(C)CCC[O][AlH2]. The van der Waals surface area contributed by atoms with Crippen molar-refractivity contribution in [3.05, 3.63) is 0 Å². The second-order valence-corrected chi connectivity index (χ2v) is 2.73. The minimum absolute atomic E-state index is 0.881. The van der Waals surface area contributed by atoms with Gasteiger partial charge in [-0.1, -0.05) is 0 Å². The monoisotopic (exact) mass is 131 g/mol. The summed E-state index contributed by atoms with van der Waals surface area (Å²) in [5.74, 6) is 0. The van der Waals surface area contributed by atoms with Crippen LogP contribution in [0.3, 0.4) is 0 Å². The van der Waals surface area contributed by atoms with E-state index in [1.165, 1.54) is 0 Å². The zero-order valence-corrected chi connectivity index (χ0v) is 7.98. The molecule has 0 rings (SSSR count). The average Bonchev–Trinajstić information content (AvgIpc) is 1.66. The van der Waals surface area contributed by atoms with Crippen molar-refractivity contribution in [3.63, 3.8) is 0 Å². The summed E-state index contributed by atoms with van der Waals surface area (Å²) in [6, 6.07) is 0. The van der Waals surface area contributed by atoms with E-state index in [-0.39, 0.29) is 0 Å². The predicted octanol–water partition coefficient (Wildman–Crippen LogP) is -0.497. The molecule has 0 aromatic rings. The molecule has 0 heterocycles. The summed E-state index contributed by atoms with van der Waals surface area (Å²) in [6.07, 6.45) is 1.16. The van der Waals surface area contributed by atoms with Gasteiger partial charge in [-0.2, -0.15) is 0 Å². The number of hydrogen-bond donors (Lipinski definition) is 0. The molecule has 0 radical (unpaired) electrons. The molecule has 0 aliphatic carbocycles. The fourth-order valence-corrected chi connectivity index (χ4v) is 0.814. The van der Waals surface area contributed by atoms with Crippen molar-refractivity contribution in [1.29, 1.82) is 0 Å². The van der Waals surface area contributed by atoms with Crippen LogP contribution in [0.1, 0.15) is 6.42 Å². The van der Waals surface area contributed by atoms with E-state index in [2.05, 4.69) is 19.0 Å². The molecular weight excluding hydrogens is 117 g/mol. The molecule has 2 nitrogen and oxygen atoms in total. The van der Waals surface area contributed by atoms with Crippen molar-refractivity contribution in [2.75, 3.05) is 27.2 Å². The average molecular weight is 131 g/mol. The molecule has 0 bridgehead atoms. The Balaban J connectivity index is 2.72.